The van der Waals surface area contributed by atoms with Gasteiger partial charge in [-0.3, -0.25) is 0 Å². The second kappa shape index (κ2) is 12.5. The van der Waals surface area contributed by atoms with Crippen LogP contribution >= 0.6 is 23.6 Å². The van der Waals surface area contributed by atoms with Crippen molar-refractivity contribution in [2.24, 2.45) is 0 Å². The van der Waals surface area contributed by atoms with E-state index in [0.717, 1.165) is 36.0 Å². The lowest BCUT2D eigenvalue weighted by Gasteiger charge is -2.45. The van der Waals surface area contributed by atoms with E-state index in [0.29, 0.717) is 0 Å². The molecule has 4 heteroatoms. The molecule has 0 fully saturated rings. The van der Waals surface area contributed by atoms with Gasteiger partial charge in [-0.05, 0) is 23.1 Å². The number of benzene rings is 3. The van der Waals surface area contributed by atoms with Crippen molar-refractivity contribution >= 4 is 23.6 Å². The Morgan fingerprint density at radius 3 is 1.42 bits per heavy atom. The van der Waals surface area contributed by atoms with Gasteiger partial charge in [-0.2, -0.15) is 0 Å². The minimum absolute atomic E-state index is 0.734. The van der Waals surface area contributed by atoms with Gasteiger partial charge in [-0.1, -0.05) is 159 Å². The fraction of sp³-hybridized carbons (Fsp3) is 0.379. The predicted octanol–water partition coefficient (Wildman–Crippen LogP) is 9.53. The van der Waals surface area contributed by atoms with Gasteiger partial charge in [-0.15, -0.1) is 0 Å². The Morgan fingerprint density at radius 1 is 0.606 bits per heavy atom. The number of hydrogen-bond donors (Lipinski definition) is 0. The smallest absolute Gasteiger partial charge is 0.235 e. The summed E-state index contributed by atoms with van der Waals surface area (Å²) in [4.78, 5) is 0. The third-order valence-corrected chi connectivity index (χ3v) is 9.81. The van der Waals surface area contributed by atoms with Crippen LogP contribution in [0.2, 0.25) is 0 Å². The molecular formula is C29H34BrO2P. The average molecular weight is 525 g/mol. The predicted molar refractivity (Wildman–Crippen MR) is 142 cm³/mol. The summed E-state index contributed by atoms with van der Waals surface area (Å²) < 4.78 is 25.1. The second-order valence-electron chi connectivity index (χ2n) is 8.75. The Balaban J connectivity index is 2.13. The van der Waals surface area contributed by atoms with Crippen molar-refractivity contribution in [3.63, 3.8) is 0 Å². The van der Waals surface area contributed by atoms with Crippen LogP contribution < -0.4 is 0 Å². The molecule has 33 heavy (non-hydrogen) atoms. The number of rotatable bonds is 13. The van der Waals surface area contributed by atoms with Crippen molar-refractivity contribution in [1.29, 1.82) is 0 Å². The Bertz CT molecular complexity index is 987. The average Bonchev–Trinajstić information content (AvgIpc) is 2.87. The molecule has 2 nitrogen and oxygen atoms in total. The summed E-state index contributed by atoms with van der Waals surface area (Å²) in [5.74, 6) is 0. The van der Waals surface area contributed by atoms with E-state index in [9.17, 15) is 9.13 Å². The van der Waals surface area contributed by atoms with Crippen LogP contribution in [0.5, 0.6) is 0 Å². The summed E-state index contributed by atoms with van der Waals surface area (Å²) in [5, 5.41) is 0. The van der Waals surface area contributed by atoms with Crippen molar-refractivity contribution in [2.45, 2.75) is 67.8 Å². The van der Waals surface area contributed by atoms with Gasteiger partial charge in [-0.25, -0.2) is 9.13 Å². The molecule has 0 saturated heterocycles. The van der Waals surface area contributed by atoms with Gasteiger partial charge in [0.15, 0.2) is 4.07 Å². The fourth-order valence-corrected chi connectivity index (χ4v) is 6.92. The van der Waals surface area contributed by atoms with Crippen LogP contribution in [0, 0.1) is 0 Å². The molecule has 0 aliphatic carbocycles. The maximum absolute atomic E-state index is 13.2. The minimum atomic E-state index is -2.87. The monoisotopic (exact) mass is 524 g/mol. The molecule has 3 rings (SSSR count). The van der Waals surface area contributed by atoms with Crippen LogP contribution in [0.3, 0.4) is 0 Å². The van der Waals surface area contributed by atoms with Crippen molar-refractivity contribution in [1.82, 2.24) is 0 Å². The summed E-state index contributed by atoms with van der Waals surface area (Å²) in [6.45, 7) is 2.23. The summed E-state index contributed by atoms with van der Waals surface area (Å²) in [7, 11) is -2.87. The number of unbranched alkanes of at least 4 members (excludes halogenated alkanes) is 6. The maximum Gasteiger partial charge on any atom is 0.338 e. The Morgan fingerprint density at radius 2 is 1.00 bits per heavy atom. The molecule has 0 aliphatic rings. The molecule has 0 spiro atoms. The van der Waals surface area contributed by atoms with Crippen LogP contribution in [0.4, 0.5) is 0 Å². The Labute approximate surface area is 207 Å². The molecule has 174 valence electrons. The normalized spacial score (nSPS) is 13.4. The fourth-order valence-electron chi connectivity index (χ4n) is 4.96. The first-order chi connectivity index (χ1) is 16.1. The molecule has 0 aromatic heterocycles. The number of halogens is 1. The van der Waals surface area contributed by atoms with Crippen molar-refractivity contribution < 1.29 is 9.13 Å². The van der Waals surface area contributed by atoms with Crippen molar-refractivity contribution in [2.75, 3.05) is 0 Å². The molecule has 0 bridgehead atoms. The molecule has 0 aliphatic heterocycles. The van der Waals surface area contributed by atoms with Gasteiger partial charge in [0, 0.05) is 0 Å². The molecule has 0 saturated carbocycles. The summed E-state index contributed by atoms with van der Waals surface area (Å²) >= 11 is 3.86. The summed E-state index contributed by atoms with van der Waals surface area (Å²) in [6.07, 6.45) is 9.02. The zero-order valence-electron chi connectivity index (χ0n) is 19.5. The van der Waals surface area contributed by atoms with E-state index < -0.39 is 17.2 Å². The highest BCUT2D eigenvalue weighted by Crippen LogP contribution is 2.63. The molecule has 0 heterocycles. The molecule has 1 unspecified atom stereocenters. The highest BCUT2D eigenvalue weighted by Gasteiger charge is 2.57. The molecule has 1 atom stereocenters. The van der Waals surface area contributed by atoms with Gasteiger partial charge < -0.3 is 0 Å². The van der Waals surface area contributed by atoms with E-state index in [1.807, 2.05) is 66.7 Å². The zero-order chi connectivity index (χ0) is 23.6. The van der Waals surface area contributed by atoms with E-state index in [4.69, 9.17) is 0 Å². The Hall–Kier alpha value is -1.96. The molecule has 3 aromatic carbocycles. The molecule has 0 N–H and O–H groups in total. The number of alkyl halides is 1. The quantitative estimate of drug-likeness (QED) is 0.127. The highest BCUT2D eigenvalue weighted by atomic mass is 79.9. The van der Waals surface area contributed by atoms with Crippen molar-refractivity contribution in [3.8, 4) is 0 Å². The summed E-state index contributed by atoms with van der Waals surface area (Å²) in [6, 6.07) is 29.9. The van der Waals surface area contributed by atoms with E-state index in [1.54, 1.807) is 0 Å². The van der Waals surface area contributed by atoms with Gasteiger partial charge in [0.25, 0.3) is 0 Å². The summed E-state index contributed by atoms with van der Waals surface area (Å²) in [5.41, 5.74) is 2.02. The zero-order valence-corrected chi connectivity index (χ0v) is 21.9. The van der Waals surface area contributed by atoms with E-state index in [1.165, 1.54) is 32.1 Å². The van der Waals surface area contributed by atoms with Gasteiger partial charge in [0.05, 0.1) is 5.41 Å². The van der Waals surface area contributed by atoms with E-state index in [2.05, 4.69) is 47.1 Å². The molecule has 0 amide bonds. The van der Waals surface area contributed by atoms with Crippen LogP contribution in [-0.4, -0.2) is 0 Å². The van der Waals surface area contributed by atoms with Gasteiger partial charge >= 0.3 is 7.68 Å². The molecule has 3 aromatic rings. The largest absolute Gasteiger partial charge is 0.338 e. The first-order valence-corrected chi connectivity index (χ1v) is 14.0. The number of hydrogen-bond acceptors (Lipinski definition) is 2. The minimum Gasteiger partial charge on any atom is -0.235 e. The first kappa shape index (κ1) is 25.7. The second-order valence-corrected chi connectivity index (χ2v) is 11.7. The highest BCUT2D eigenvalue weighted by molar-refractivity contribution is 9.10. The lowest BCUT2D eigenvalue weighted by Crippen LogP contribution is -2.43. The van der Waals surface area contributed by atoms with E-state index in [-0.39, 0.29) is 0 Å². The van der Waals surface area contributed by atoms with Gasteiger partial charge in [0.2, 0.25) is 0 Å². The van der Waals surface area contributed by atoms with Crippen molar-refractivity contribution in [3.05, 3.63) is 108 Å². The Kier molecular flexibility index (Phi) is 9.71. The van der Waals surface area contributed by atoms with Crippen LogP contribution in [0.25, 0.3) is 0 Å². The van der Waals surface area contributed by atoms with Crippen LogP contribution in [0.1, 0.15) is 75.0 Å². The standard InChI is InChI=1S/C29H34BrO2P/c1-2-3-4-5-6-7-17-24-28(25-18-11-8-12-19-25,26-20-13-9-14-21-26)29(30,33(31)32)27-22-15-10-16-23-27/h8-16,18-23H,2-7,17,24H2,1H3. The molecule has 0 radical (unpaired) electrons. The SMILES string of the molecule is CCCCCCCCCC(c1ccccc1)(c1ccccc1)C(Br)(c1ccccc1)P(=O)=O. The third-order valence-electron chi connectivity index (χ3n) is 6.66. The lowest BCUT2D eigenvalue weighted by atomic mass is 9.66. The maximum atomic E-state index is 13.2. The molecular weight excluding hydrogens is 491 g/mol. The topological polar surface area (TPSA) is 34.1 Å². The van der Waals surface area contributed by atoms with E-state index >= 15 is 0 Å². The van der Waals surface area contributed by atoms with Crippen LogP contribution in [-0.2, 0) is 18.6 Å². The first-order valence-electron chi connectivity index (χ1n) is 12.1. The third kappa shape index (κ3) is 5.58. The lowest BCUT2D eigenvalue weighted by molar-refractivity contribution is 0.386. The van der Waals surface area contributed by atoms with Gasteiger partial charge in [0.1, 0.15) is 0 Å². The van der Waals surface area contributed by atoms with Crippen LogP contribution in [0.15, 0.2) is 91.0 Å².